The SMILES string of the molecule is C[C@@H]1CCCCN1C(=O)/C=C/c1ccccc1[N+](=O)[O-]. The quantitative estimate of drug-likeness (QED) is 0.483. The van der Waals surface area contributed by atoms with Gasteiger partial charge in [0.05, 0.1) is 10.5 Å². The summed E-state index contributed by atoms with van der Waals surface area (Å²) in [4.78, 5) is 24.4. The zero-order chi connectivity index (χ0) is 14.5. The zero-order valence-corrected chi connectivity index (χ0v) is 11.5. The van der Waals surface area contributed by atoms with Crippen LogP contribution < -0.4 is 0 Å². The summed E-state index contributed by atoms with van der Waals surface area (Å²) in [6.07, 6.45) is 6.16. The van der Waals surface area contributed by atoms with Crippen molar-refractivity contribution in [3.8, 4) is 0 Å². The number of hydrogen-bond acceptors (Lipinski definition) is 3. The molecule has 0 N–H and O–H groups in total. The van der Waals surface area contributed by atoms with Crippen LogP contribution in [0.4, 0.5) is 5.69 Å². The van der Waals surface area contributed by atoms with Crippen LogP contribution in [0.25, 0.3) is 6.08 Å². The Hall–Kier alpha value is -2.17. The van der Waals surface area contributed by atoms with Crippen molar-refractivity contribution >= 4 is 17.7 Å². The Kier molecular flexibility index (Phi) is 4.50. The molecule has 0 unspecified atom stereocenters. The number of amides is 1. The van der Waals surface area contributed by atoms with Gasteiger partial charge in [0, 0.05) is 24.7 Å². The van der Waals surface area contributed by atoms with Crippen LogP contribution in [0.2, 0.25) is 0 Å². The largest absolute Gasteiger partial charge is 0.336 e. The lowest BCUT2D eigenvalue weighted by atomic mass is 10.0. The second-order valence-electron chi connectivity index (χ2n) is 5.03. The van der Waals surface area contributed by atoms with E-state index in [2.05, 4.69) is 0 Å². The summed E-state index contributed by atoms with van der Waals surface area (Å²) in [5.74, 6) is -0.0737. The number of rotatable bonds is 3. The minimum Gasteiger partial charge on any atom is -0.336 e. The number of nitro groups is 1. The highest BCUT2D eigenvalue weighted by Crippen LogP contribution is 2.20. The van der Waals surface area contributed by atoms with Gasteiger partial charge >= 0.3 is 0 Å². The third-order valence-electron chi connectivity index (χ3n) is 3.62. The number of piperidine rings is 1. The summed E-state index contributed by atoms with van der Waals surface area (Å²) in [5, 5.41) is 10.9. The molecule has 0 aliphatic carbocycles. The highest BCUT2D eigenvalue weighted by molar-refractivity contribution is 5.92. The van der Waals surface area contributed by atoms with Crippen LogP contribution >= 0.6 is 0 Å². The molecule has 0 aromatic heterocycles. The van der Waals surface area contributed by atoms with Crippen molar-refractivity contribution in [2.45, 2.75) is 32.2 Å². The number of hydrogen-bond donors (Lipinski definition) is 0. The lowest BCUT2D eigenvalue weighted by Gasteiger charge is -2.32. The fraction of sp³-hybridized carbons (Fsp3) is 0.400. The van der Waals surface area contributed by atoms with Crippen molar-refractivity contribution in [1.29, 1.82) is 0 Å². The second-order valence-corrected chi connectivity index (χ2v) is 5.03. The van der Waals surface area contributed by atoms with Gasteiger partial charge in [-0.25, -0.2) is 0 Å². The molecule has 5 heteroatoms. The van der Waals surface area contributed by atoms with Gasteiger partial charge in [0.25, 0.3) is 5.69 Å². The third-order valence-corrected chi connectivity index (χ3v) is 3.62. The van der Waals surface area contributed by atoms with Gasteiger partial charge in [-0.3, -0.25) is 14.9 Å². The highest BCUT2D eigenvalue weighted by atomic mass is 16.6. The summed E-state index contributed by atoms with van der Waals surface area (Å²) < 4.78 is 0. The maximum Gasteiger partial charge on any atom is 0.276 e. The summed E-state index contributed by atoms with van der Waals surface area (Å²) >= 11 is 0. The summed E-state index contributed by atoms with van der Waals surface area (Å²) in [5.41, 5.74) is 0.471. The molecule has 1 saturated heterocycles. The van der Waals surface area contributed by atoms with Gasteiger partial charge in [0.2, 0.25) is 5.91 Å². The van der Waals surface area contributed by atoms with Crippen LogP contribution in [-0.4, -0.2) is 28.3 Å². The van der Waals surface area contributed by atoms with Gasteiger partial charge in [0.15, 0.2) is 0 Å². The molecule has 2 rings (SSSR count). The van der Waals surface area contributed by atoms with Crippen LogP contribution in [0, 0.1) is 10.1 Å². The monoisotopic (exact) mass is 274 g/mol. The van der Waals surface area contributed by atoms with Crippen LogP contribution in [0.1, 0.15) is 31.7 Å². The minimum atomic E-state index is -0.437. The number of nitrogens with zero attached hydrogens (tertiary/aromatic N) is 2. The van der Waals surface area contributed by atoms with Crippen LogP contribution in [0.5, 0.6) is 0 Å². The molecule has 0 bridgehead atoms. The number of likely N-dealkylation sites (tertiary alicyclic amines) is 1. The van der Waals surface area contributed by atoms with Crippen molar-refractivity contribution in [3.63, 3.8) is 0 Å². The molecule has 0 radical (unpaired) electrons. The Bertz CT molecular complexity index is 540. The van der Waals surface area contributed by atoms with E-state index in [1.807, 2.05) is 11.8 Å². The number of carbonyl (C=O) groups excluding carboxylic acids is 1. The average molecular weight is 274 g/mol. The molecule has 1 atom stereocenters. The lowest BCUT2D eigenvalue weighted by Crippen LogP contribution is -2.41. The summed E-state index contributed by atoms with van der Waals surface area (Å²) in [6, 6.07) is 6.66. The predicted molar refractivity (Wildman–Crippen MR) is 77.2 cm³/mol. The predicted octanol–water partition coefficient (Wildman–Crippen LogP) is 3.01. The summed E-state index contributed by atoms with van der Waals surface area (Å²) in [7, 11) is 0. The Morgan fingerprint density at radius 2 is 2.15 bits per heavy atom. The van der Waals surface area contributed by atoms with E-state index in [0.717, 1.165) is 25.8 Å². The molecule has 20 heavy (non-hydrogen) atoms. The van der Waals surface area contributed by atoms with Gasteiger partial charge in [-0.2, -0.15) is 0 Å². The highest BCUT2D eigenvalue weighted by Gasteiger charge is 2.21. The topological polar surface area (TPSA) is 63.5 Å². The normalized spacial score (nSPS) is 19.2. The van der Waals surface area contributed by atoms with Crippen molar-refractivity contribution in [2.24, 2.45) is 0 Å². The van der Waals surface area contributed by atoms with E-state index in [1.54, 1.807) is 18.2 Å². The van der Waals surface area contributed by atoms with Crippen molar-refractivity contribution in [3.05, 3.63) is 46.0 Å². The molecular formula is C15H18N2O3. The van der Waals surface area contributed by atoms with Crippen molar-refractivity contribution < 1.29 is 9.72 Å². The standard InChI is InChI=1S/C15H18N2O3/c1-12-6-4-5-11-16(12)15(18)10-9-13-7-2-3-8-14(13)17(19)20/h2-3,7-10,12H,4-6,11H2,1H3/b10-9+/t12-/m1/s1. The van der Waals surface area contributed by atoms with E-state index in [0.29, 0.717) is 5.56 Å². The van der Waals surface area contributed by atoms with E-state index in [4.69, 9.17) is 0 Å². The first-order chi connectivity index (χ1) is 9.59. The van der Waals surface area contributed by atoms with Gasteiger partial charge in [-0.15, -0.1) is 0 Å². The minimum absolute atomic E-state index is 0.0169. The molecule has 1 aromatic rings. The molecule has 1 aliphatic heterocycles. The first-order valence-electron chi connectivity index (χ1n) is 6.81. The molecule has 1 fully saturated rings. The number of nitro benzene ring substituents is 1. The first kappa shape index (κ1) is 14.2. The Balaban J connectivity index is 2.13. The number of carbonyl (C=O) groups is 1. The average Bonchev–Trinajstić information content (AvgIpc) is 2.45. The van der Waals surface area contributed by atoms with Crippen molar-refractivity contribution in [2.75, 3.05) is 6.54 Å². The van der Waals surface area contributed by atoms with Crippen LogP contribution in [-0.2, 0) is 4.79 Å². The lowest BCUT2D eigenvalue weighted by molar-refractivity contribution is -0.385. The van der Waals surface area contributed by atoms with E-state index >= 15 is 0 Å². The van der Waals surface area contributed by atoms with E-state index < -0.39 is 4.92 Å². The number of para-hydroxylation sites is 1. The first-order valence-corrected chi connectivity index (χ1v) is 6.81. The fourth-order valence-electron chi connectivity index (χ4n) is 2.48. The molecule has 1 aliphatic rings. The van der Waals surface area contributed by atoms with Gasteiger partial charge in [-0.1, -0.05) is 12.1 Å². The van der Waals surface area contributed by atoms with Gasteiger partial charge in [0.1, 0.15) is 0 Å². The van der Waals surface area contributed by atoms with Crippen LogP contribution in [0.15, 0.2) is 30.3 Å². The second kappa shape index (κ2) is 6.32. The molecule has 0 spiro atoms. The zero-order valence-electron chi connectivity index (χ0n) is 11.5. The maximum absolute atomic E-state index is 12.1. The van der Waals surface area contributed by atoms with E-state index in [9.17, 15) is 14.9 Å². The molecular weight excluding hydrogens is 256 g/mol. The molecule has 5 nitrogen and oxygen atoms in total. The van der Waals surface area contributed by atoms with Crippen molar-refractivity contribution in [1.82, 2.24) is 4.90 Å². The molecule has 1 amide bonds. The maximum atomic E-state index is 12.1. The Morgan fingerprint density at radius 1 is 1.40 bits per heavy atom. The number of benzene rings is 1. The summed E-state index contributed by atoms with van der Waals surface area (Å²) in [6.45, 7) is 2.80. The third kappa shape index (κ3) is 3.23. The molecule has 0 saturated carbocycles. The van der Waals surface area contributed by atoms with Gasteiger partial charge in [-0.05, 0) is 38.3 Å². The Morgan fingerprint density at radius 3 is 2.85 bits per heavy atom. The Labute approximate surface area is 118 Å². The van der Waals surface area contributed by atoms with Crippen LogP contribution in [0.3, 0.4) is 0 Å². The molecule has 106 valence electrons. The smallest absolute Gasteiger partial charge is 0.276 e. The fourth-order valence-corrected chi connectivity index (χ4v) is 2.48. The van der Waals surface area contributed by atoms with E-state index in [1.165, 1.54) is 18.2 Å². The van der Waals surface area contributed by atoms with E-state index in [-0.39, 0.29) is 17.6 Å². The van der Waals surface area contributed by atoms with Gasteiger partial charge < -0.3 is 4.90 Å². The molecule has 1 aromatic carbocycles. The molecule has 1 heterocycles.